The molecular formula is C24H33Cl2FN2O3S. The van der Waals surface area contributed by atoms with Crippen LogP contribution in [-0.4, -0.2) is 64.6 Å². The highest BCUT2D eigenvalue weighted by Gasteiger charge is 2.40. The Morgan fingerprint density at radius 3 is 2.52 bits per heavy atom. The van der Waals surface area contributed by atoms with Gasteiger partial charge in [-0.05, 0) is 50.3 Å². The molecule has 1 aromatic carbocycles. The minimum absolute atomic E-state index is 0. The first kappa shape index (κ1) is 28.1. The van der Waals surface area contributed by atoms with Gasteiger partial charge < -0.3 is 5.11 Å². The number of Topliss-reactive ketones (excluding diaryl/α,β-unsaturated/α-hetero) is 1. The summed E-state index contributed by atoms with van der Waals surface area (Å²) in [5.41, 5.74) is 1.61. The van der Waals surface area contributed by atoms with E-state index in [-0.39, 0.29) is 53.5 Å². The standard InChI is InChI=1S/C24H31FN2O3S.2ClH/c25-20-6-2-1-5-19(20)22(23(28)16-7-8-16)27-13-10-21(31)17(15-27)9-12-26-11-3-4-18(14-26)24(29)30;;/h1-2,5-6,9,16,18,21-22,31H,3-4,7-8,10-15H2,(H,29,30);2*1H/b17-9-;;. The zero-order valence-corrected chi connectivity index (χ0v) is 21.1. The lowest BCUT2D eigenvalue weighted by Crippen LogP contribution is -2.43. The summed E-state index contributed by atoms with van der Waals surface area (Å²) in [6.07, 6.45) is 6.37. The van der Waals surface area contributed by atoms with Gasteiger partial charge in [-0.2, -0.15) is 12.6 Å². The molecule has 3 atom stereocenters. The molecule has 2 heterocycles. The van der Waals surface area contributed by atoms with Crippen molar-refractivity contribution in [3.63, 3.8) is 0 Å². The van der Waals surface area contributed by atoms with Gasteiger partial charge in [-0.1, -0.05) is 24.3 Å². The van der Waals surface area contributed by atoms with Crippen molar-refractivity contribution in [2.75, 3.05) is 32.7 Å². The molecule has 0 radical (unpaired) electrons. The molecule has 1 saturated carbocycles. The van der Waals surface area contributed by atoms with Crippen molar-refractivity contribution >= 4 is 49.2 Å². The number of carboxylic acids is 1. The molecule has 4 rings (SSSR count). The van der Waals surface area contributed by atoms with Crippen molar-refractivity contribution in [1.29, 1.82) is 0 Å². The monoisotopic (exact) mass is 518 g/mol. The van der Waals surface area contributed by atoms with Crippen LogP contribution in [0.2, 0.25) is 0 Å². The molecule has 1 aromatic rings. The molecule has 5 nitrogen and oxygen atoms in total. The van der Waals surface area contributed by atoms with Gasteiger partial charge in [0.15, 0.2) is 5.78 Å². The average molecular weight is 520 g/mol. The minimum atomic E-state index is -0.723. The number of likely N-dealkylation sites (tertiary alicyclic amines) is 2. The van der Waals surface area contributed by atoms with Crippen LogP contribution in [0.5, 0.6) is 0 Å². The summed E-state index contributed by atoms with van der Waals surface area (Å²) in [4.78, 5) is 28.8. The first-order chi connectivity index (χ1) is 14.9. The summed E-state index contributed by atoms with van der Waals surface area (Å²) in [6, 6.07) is 6.06. The molecule has 9 heteroatoms. The maximum absolute atomic E-state index is 14.6. The molecule has 3 fully saturated rings. The predicted molar refractivity (Wildman–Crippen MR) is 135 cm³/mol. The number of thiol groups is 1. The van der Waals surface area contributed by atoms with Gasteiger partial charge in [-0.25, -0.2) is 4.39 Å². The molecule has 184 valence electrons. The quantitative estimate of drug-likeness (QED) is 0.413. The smallest absolute Gasteiger partial charge is 0.307 e. The van der Waals surface area contributed by atoms with Crippen LogP contribution in [0, 0.1) is 17.7 Å². The second kappa shape index (κ2) is 12.5. The first-order valence-electron chi connectivity index (χ1n) is 11.3. The summed E-state index contributed by atoms with van der Waals surface area (Å²) in [5, 5.41) is 9.42. The van der Waals surface area contributed by atoms with Crippen LogP contribution in [0.4, 0.5) is 4.39 Å². The maximum Gasteiger partial charge on any atom is 0.307 e. The second-order valence-electron chi connectivity index (χ2n) is 9.09. The van der Waals surface area contributed by atoms with Gasteiger partial charge in [0.25, 0.3) is 0 Å². The molecule has 1 N–H and O–H groups in total. The maximum atomic E-state index is 14.6. The third-order valence-corrected chi connectivity index (χ3v) is 7.37. The van der Waals surface area contributed by atoms with Crippen LogP contribution in [0.15, 0.2) is 35.9 Å². The average Bonchev–Trinajstić information content (AvgIpc) is 3.61. The zero-order chi connectivity index (χ0) is 22.0. The summed E-state index contributed by atoms with van der Waals surface area (Å²) in [6.45, 7) is 3.44. The molecule has 3 aliphatic rings. The fourth-order valence-corrected chi connectivity index (χ4v) is 5.10. The van der Waals surface area contributed by atoms with Gasteiger partial charge in [0.2, 0.25) is 0 Å². The fourth-order valence-electron chi connectivity index (χ4n) is 4.80. The zero-order valence-electron chi connectivity index (χ0n) is 18.6. The Hall–Kier alpha value is -1.12. The normalized spacial score (nSPS) is 26.2. The number of ketones is 1. The van der Waals surface area contributed by atoms with Crippen molar-refractivity contribution in [2.45, 2.75) is 43.4 Å². The third-order valence-electron chi connectivity index (χ3n) is 6.78. The first-order valence-corrected chi connectivity index (χ1v) is 11.8. The summed E-state index contributed by atoms with van der Waals surface area (Å²) >= 11 is 4.76. The highest BCUT2D eigenvalue weighted by molar-refractivity contribution is 7.81. The molecule has 1 aliphatic carbocycles. The second-order valence-corrected chi connectivity index (χ2v) is 9.71. The number of rotatable bonds is 7. The van der Waals surface area contributed by atoms with Gasteiger partial charge in [-0.3, -0.25) is 19.4 Å². The van der Waals surface area contributed by atoms with E-state index in [1.165, 1.54) is 6.07 Å². The Balaban J connectivity index is 0.00000193. The SMILES string of the molecule is Cl.Cl.O=C(O)C1CCCN(C/C=C2/CN(C(C(=O)C3CC3)c3ccccc3F)CCC2S)C1. The lowest BCUT2D eigenvalue weighted by Gasteiger charge is -2.38. The lowest BCUT2D eigenvalue weighted by atomic mass is 9.93. The summed E-state index contributed by atoms with van der Waals surface area (Å²) in [5.74, 6) is -1.18. The van der Waals surface area contributed by atoms with Gasteiger partial charge in [0, 0.05) is 42.9 Å². The number of halogens is 3. The fraction of sp³-hybridized carbons (Fsp3) is 0.583. The number of benzene rings is 1. The number of carbonyl (C=O) groups is 2. The van der Waals surface area contributed by atoms with Crippen LogP contribution >= 0.6 is 37.4 Å². The van der Waals surface area contributed by atoms with Gasteiger partial charge in [-0.15, -0.1) is 24.8 Å². The molecular weight excluding hydrogens is 486 g/mol. The molecule has 33 heavy (non-hydrogen) atoms. The van der Waals surface area contributed by atoms with E-state index in [1.807, 2.05) is 0 Å². The van der Waals surface area contributed by atoms with E-state index in [9.17, 15) is 19.1 Å². The van der Waals surface area contributed by atoms with Crippen molar-refractivity contribution in [3.8, 4) is 0 Å². The predicted octanol–water partition coefficient (Wildman–Crippen LogP) is 4.42. The van der Waals surface area contributed by atoms with Crippen LogP contribution in [0.25, 0.3) is 0 Å². The van der Waals surface area contributed by atoms with E-state index in [0.29, 0.717) is 31.7 Å². The third kappa shape index (κ3) is 6.95. The Morgan fingerprint density at radius 2 is 1.85 bits per heavy atom. The van der Waals surface area contributed by atoms with Crippen LogP contribution in [0.1, 0.15) is 43.7 Å². The Bertz CT molecular complexity index is 868. The van der Waals surface area contributed by atoms with E-state index in [1.54, 1.807) is 18.2 Å². The summed E-state index contributed by atoms with van der Waals surface area (Å²) < 4.78 is 14.6. The van der Waals surface area contributed by atoms with Crippen molar-refractivity contribution in [3.05, 3.63) is 47.3 Å². The molecule has 0 spiro atoms. The number of piperidine rings is 2. The number of hydrogen-bond donors (Lipinski definition) is 2. The molecule has 3 unspecified atom stereocenters. The highest BCUT2D eigenvalue weighted by atomic mass is 35.5. The number of nitrogens with zero attached hydrogens (tertiary/aromatic N) is 2. The number of hydrogen-bond acceptors (Lipinski definition) is 5. The minimum Gasteiger partial charge on any atom is -0.481 e. The van der Waals surface area contributed by atoms with Crippen molar-refractivity contribution in [1.82, 2.24) is 9.80 Å². The number of carboxylic acid groups (broad SMARTS) is 1. The van der Waals surface area contributed by atoms with Crippen molar-refractivity contribution < 1.29 is 19.1 Å². The largest absolute Gasteiger partial charge is 0.481 e. The van der Waals surface area contributed by atoms with Gasteiger partial charge in [0.1, 0.15) is 5.82 Å². The van der Waals surface area contributed by atoms with E-state index in [4.69, 9.17) is 12.6 Å². The Morgan fingerprint density at radius 1 is 1.12 bits per heavy atom. The van der Waals surface area contributed by atoms with Gasteiger partial charge in [0.05, 0.1) is 12.0 Å². The molecule has 2 saturated heterocycles. The summed E-state index contributed by atoms with van der Waals surface area (Å²) in [7, 11) is 0. The number of carbonyl (C=O) groups excluding carboxylic acids is 1. The van der Waals surface area contributed by atoms with Crippen molar-refractivity contribution in [2.24, 2.45) is 11.8 Å². The Labute approximate surface area is 213 Å². The molecule has 0 aromatic heterocycles. The topological polar surface area (TPSA) is 60.9 Å². The van der Waals surface area contributed by atoms with Crippen LogP contribution < -0.4 is 0 Å². The van der Waals surface area contributed by atoms with E-state index in [0.717, 1.165) is 44.2 Å². The molecule has 0 amide bonds. The van der Waals surface area contributed by atoms with E-state index < -0.39 is 12.0 Å². The number of aliphatic carboxylic acids is 1. The molecule has 0 bridgehead atoms. The van der Waals surface area contributed by atoms with Crippen LogP contribution in [-0.2, 0) is 9.59 Å². The Kier molecular flexibility index (Phi) is 10.7. The molecule has 2 aliphatic heterocycles. The highest BCUT2D eigenvalue weighted by Crippen LogP contribution is 2.39. The van der Waals surface area contributed by atoms with E-state index >= 15 is 0 Å². The van der Waals surface area contributed by atoms with E-state index in [2.05, 4.69) is 15.9 Å². The van der Waals surface area contributed by atoms with Crippen LogP contribution in [0.3, 0.4) is 0 Å². The van der Waals surface area contributed by atoms with Gasteiger partial charge >= 0.3 is 5.97 Å². The lowest BCUT2D eigenvalue weighted by molar-refractivity contribution is -0.143.